The molecule has 1 atom stereocenters. The summed E-state index contributed by atoms with van der Waals surface area (Å²) in [6.45, 7) is 1.65. The molecule has 4 nitrogen and oxygen atoms in total. The molecule has 0 aliphatic carbocycles. The van der Waals surface area contributed by atoms with Gasteiger partial charge in [-0.1, -0.05) is 6.07 Å². The number of nitrogens with zero attached hydrogens (tertiary/aromatic N) is 2. The van der Waals surface area contributed by atoms with Crippen LogP contribution in [0.25, 0.3) is 0 Å². The van der Waals surface area contributed by atoms with Gasteiger partial charge >= 0.3 is 0 Å². The smallest absolute Gasteiger partial charge is 0.0991 e. The fourth-order valence-corrected chi connectivity index (χ4v) is 2.49. The molecule has 1 aliphatic heterocycles. The normalized spacial score (nSPS) is 17.4. The molecule has 0 unspecified atom stereocenters. The lowest BCUT2D eigenvalue weighted by molar-refractivity contribution is 0.536. The fourth-order valence-electron chi connectivity index (χ4n) is 2.49. The summed E-state index contributed by atoms with van der Waals surface area (Å²) in [6, 6.07) is 12.4. The van der Waals surface area contributed by atoms with Crippen molar-refractivity contribution in [1.82, 2.24) is 10.3 Å². The highest BCUT2D eigenvalue weighted by Crippen LogP contribution is 2.20. The van der Waals surface area contributed by atoms with Crippen LogP contribution in [0.5, 0.6) is 0 Å². The summed E-state index contributed by atoms with van der Waals surface area (Å²) < 4.78 is 0. The van der Waals surface area contributed by atoms with Crippen LogP contribution in [0.3, 0.4) is 0 Å². The van der Waals surface area contributed by atoms with Crippen molar-refractivity contribution in [3.8, 4) is 6.07 Å². The first-order valence-electron chi connectivity index (χ1n) is 6.74. The highest BCUT2D eigenvalue weighted by atomic mass is 15.0. The number of benzene rings is 1. The SMILES string of the molecule is N#Cc1ccc2c(c1)CN[C@H](Cc1cccnc1)CN2. The number of anilines is 1. The second kappa shape index (κ2) is 5.72. The van der Waals surface area contributed by atoms with E-state index in [1.807, 2.05) is 30.5 Å². The summed E-state index contributed by atoms with van der Waals surface area (Å²) in [5.41, 5.74) is 4.21. The first-order chi connectivity index (χ1) is 9.85. The molecule has 4 heteroatoms. The van der Waals surface area contributed by atoms with E-state index in [0.29, 0.717) is 11.6 Å². The largest absolute Gasteiger partial charge is 0.383 e. The van der Waals surface area contributed by atoms with Gasteiger partial charge in [0.2, 0.25) is 0 Å². The van der Waals surface area contributed by atoms with Crippen LogP contribution in [-0.4, -0.2) is 17.6 Å². The van der Waals surface area contributed by atoms with Gasteiger partial charge in [-0.2, -0.15) is 5.26 Å². The van der Waals surface area contributed by atoms with Crippen LogP contribution in [0, 0.1) is 11.3 Å². The van der Waals surface area contributed by atoms with Gasteiger partial charge in [-0.25, -0.2) is 0 Å². The molecule has 100 valence electrons. The number of aromatic nitrogens is 1. The van der Waals surface area contributed by atoms with E-state index in [0.717, 1.165) is 30.8 Å². The minimum Gasteiger partial charge on any atom is -0.383 e. The number of pyridine rings is 1. The van der Waals surface area contributed by atoms with Gasteiger partial charge in [0.1, 0.15) is 0 Å². The molecule has 2 N–H and O–H groups in total. The summed E-state index contributed by atoms with van der Waals surface area (Å²) >= 11 is 0. The standard InChI is InChI=1S/C16H16N4/c17-8-12-3-4-16-14(6-12)10-19-15(11-20-16)7-13-2-1-5-18-9-13/h1-6,9,15,19-20H,7,10-11H2/t15-/m1/s1. The number of nitrogens with one attached hydrogen (secondary N) is 2. The maximum atomic E-state index is 8.96. The Balaban J connectivity index is 1.71. The number of hydrogen-bond acceptors (Lipinski definition) is 4. The molecule has 0 saturated heterocycles. The molecule has 1 aromatic carbocycles. The van der Waals surface area contributed by atoms with E-state index < -0.39 is 0 Å². The van der Waals surface area contributed by atoms with Crippen LogP contribution in [0.2, 0.25) is 0 Å². The predicted molar refractivity (Wildman–Crippen MR) is 78.2 cm³/mol. The second-order valence-corrected chi connectivity index (χ2v) is 5.01. The number of fused-ring (bicyclic) bond motifs is 1. The van der Waals surface area contributed by atoms with Crippen molar-refractivity contribution < 1.29 is 0 Å². The molecule has 0 bridgehead atoms. The quantitative estimate of drug-likeness (QED) is 0.872. The third kappa shape index (κ3) is 2.79. The van der Waals surface area contributed by atoms with E-state index in [9.17, 15) is 0 Å². The van der Waals surface area contributed by atoms with Crippen LogP contribution in [-0.2, 0) is 13.0 Å². The Morgan fingerprint density at radius 2 is 2.30 bits per heavy atom. The number of rotatable bonds is 2. The average Bonchev–Trinajstić information content (AvgIpc) is 2.70. The number of hydrogen-bond donors (Lipinski definition) is 2. The van der Waals surface area contributed by atoms with Gasteiger partial charge in [0.25, 0.3) is 0 Å². The van der Waals surface area contributed by atoms with Crippen molar-refractivity contribution in [2.24, 2.45) is 0 Å². The van der Waals surface area contributed by atoms with Gasteiger partial charge in [-0.3, -0.25) is 4.98 Å². The van der Waals surface area contributed by atoms with Crippen molar-refractivity contribution in [3.63, 3.8) is 0 Å². The highest BCUT2D eigenvalue weighted by Gasteiger charge is 2.15. The van der Waals surface area contributed by atoms with E-state index in [1.54, 1.807) is 6.20 Å². The van der Waals surface area contributed by atoms with Crippen LogP contribution in [0.1, 0.15) is 16.7 Å². The van der Waals surface area contributed by atoms with Gasteiger partial charge in [0, 0.05) is 37.2 Å². The molecular formula is C16H16N4. The molecule has 20 heavy (non-hydrogen) atoms. The third-order valence-corrected chi connectivity index (χ3v) is 3.56. The molecule has 0 saturated carbocycles. The molecule has 0 amide bonds. The molecule has 0 fully saturated rings. The topological polar surface area (TPSA) is 60.7 Å². The number of nitriles is 1. The van der Waals surface area contributed by atoms with E-state index in [4.69, 9.17) is 5.26 Å². The van der Waals surface area contributed by atoms with Crippen molar-refractivity contribution in [2.45, 2.75) is 19.0 Å². The summed E-state index contributed by atoms with van der Waals surface area (Å²) in [6.07, 6.45) is 4.65. The predicted octanol–water partition coefficient (Wildman–Crippen LogP) is 2.08. The Hall–Kier alpha value is -2.38. The van der Waals surface area contributed by atoms with Gasteiger partial charge in [-0.15, -0.1) is 0 Å². The van der Waals surface area contributed by atoms with E-state index >= 15 is 0 Å². The minimum atomic E-state index is 0.358. The molecule has 0 radical (unpaired) electrons. The van der Waals surface area contributed by atoms with E-state index in [-0.39, 0.29) is 0 Å². The molecule has 3 rings (SSSR count). The van der Waals surface area contributed by atoms with Crippen LogP contribution >= 0.6 is 0 Å². The van der Waals surface area contributed by atoms with Gasteiger partial charge in [0.05, 0.1) is 11.6 Å². The summed E-state index contributed by atoms with van der Waals surface area (Å²) in [7, 11) is 0. The zero-order chi connectivity index (χ0) is 13.8. The van der Waals surface area contributed by atoms with Crippen LogP contribution < -0.4 is 10.6 Å². The molecule has 0 spiro atoms. The first-order valence-corrected chi connectivity index (χ1v) is 6.74. The maximum Gasteiger partial charge on any atom is 0.0991 e. The van der Waals surface area contributed by atoms with Crippen molar-refractivity contribution in [2.75, 3.05) is 11.9 Å². The fraction of sp³-hybridized carbons (Fsp3) is 0.250. The molecule has 1 aromatic heterocycles. The Bertz CT molecular complexity index is 631. The lowest BCUT2D eigenvalue weighted by Crippen LogP contribution is -2.34. The van der Waals surface area contributed by atoms with Gasteiger partial charge in [-0.05, 0) is 41.8 Å². The van der Waals surface area contributed by atoms with Crippen molar-refractivity contribution in [1.29, 1.82) is 5.26 Å². The Kier molecular flexibility index (Phi) is 3.62. The maximum absolute atomic E-state index is 8.96. The highest BCUT2D eigenvalue weighted by molar-refractivity contribution is 5.55. The minimum absolute atomic E-state index is 0.358. The Labute approximate surface area is 118 Å². The van der Waals surface area contributed by atoms with Crippen molar-refractivity contribution in [3.05, 3.63) is 59.4 Å². The second-order valence-electron chi connectivity index (χ2n) is 5.01. The molecule has 2 aromatic rings. The Morgan fingerprint density at radius 1 is 1.35 bits per heavy atom. The zero-order valence-electron chi connectivity index (χ0n) is 11.1. The Morgan fingerprint density at radius 3 is 3.10 bits per heavy atom. The third-order valence-electron chi connectivity index (χ3n) is 3.56. The van der Waals surface area contributed by atoms with E-state index in [2.05, 4.69) is 27.8 Å². The van der Waals surface area contributed by atoms with Gasteiger partial charge < -0.3 is 10.6 Å². The summed E-state index contributed by atoms with van der Waals surface area (Å²) in [5, 5.41) is 16.0. The summed E-state index contributed by atoms with van der Waals surface area (Å²) in [4.78, 5) is 4.15. The lowest BCUT2D eigenvalue weighted by atomic mass is 10.1. The van der Waals surface area contributed by atoms with E-state index in [1.165, 1.54) is 5.56 Å². The monoisotopic (exact) mass is 264 g/mol. The zero-order valence-corrected chi connectivity index (χ0v) is 11.1. The van der Waals surface area contributed by atoms with Gasteiger partial charge in [0.15, 0.2) is 0 Å². The molecule has 2 heterocycles. The van der Waals surface area contributed by atoms with Crippen molar-refractivity contribution >= 4 is 5.69 Å². The average molecular weight is 264 g/mol. The summed E-state index contributed by atoms with van der Waals surface area (Å²) in [5.74, 6) is 0. The molecule has 1 aliphatic rings. The van der Waals surface area contributed by atoms with Crippen LogP contribution in [0.4, 0.5) is 5.69 Å². The first kappa shape index (κ1) is 12.6. The lowest BCUT2D eigenvalue weighted by Gasteiger charge is -2.15. The van der Waals surface area contributed by atoms with Crippen LogP contribution in [0.15, 0.2) is 42.7 Å². The molecular weight excluding hydrogens is 248 g/mol.